The zero-order chi connectivity index (χ0) is 22.3. The third-order valence-corrected chi connectivity index (χ3v) is 6.79. The van der Waals surface area contributed by atoms with E-state index in [1.807, 2.05) is 42.5 Å². The molecule has 1 N–H and O–H groups in total. The van der Waals surface area contributed by atoms with Crippen LogP contribution in [-0.2, 0) is 0 Å². The van der Waals surface area contributed by atoms with E-state index in [0.717, 1.165) is 48.8 Å². The van der Waals surface area contributed by atoms with Crippen molar-refractivity contribution >= 4 is 54.9 Å². The Balaban J connectivity index is 1.81. The molecule has 7 rings (SSSR count). The first-order valence-electron chi connectivity index (χ1n) is 10.7. The van der Waals surface area contributed by atoms with Crippen molar-refractivity contribution in [1.82, 2.24) is 5.32 Å². The van der Waals surface area contributed by atoms with Gasteiger partial charge in [-0.1, -0.05) is 54.6 Å². The number of hydrogen-bond acceptors (Lipinski definition) is 3. The van der Waals surface area contributed by atoms with Crippen molar-refractivity contribution in [2.75, 3.05) is 0 Å². The number of benzene rings is 6. The molecule has 0 aromatic heterocycles. The quantitative estimate of drug-likeness (QED) is 0.196. The molecule has 1 heterocycles. The van der Waals surface area contributed by atoms with Gasteiger partial charge in [0.05, 0.1) is 11.6 Å². The first-order valence-corrected chi connectivity index (χ1v) is 10.7. The van der Waals surface area contributed by atoms with Gasteiger partial charge >= 0.3 is 0 Å². The molecule has 1 aliphatic heterocycles. The van der Waals surface area contributed by atoms with E-state index in [1.165, 1.54) is 0 Å². The number of nitrogens with one attached hydrogen (secondary N) is 1. The molecular formula is C29H14N2O2. The average Bonchev–Trinajstić information content (AvgIpc) is 2.85. The molecule has 0 atom stereocenters. The SMILES string of the molecule is N#Cc1ccc(-c2cc3c4c(ccc5c6cccc7cccc(c2c45)c76)C(=O)NC3=O)cc1. The molecule has 33 heavy (non-hydrogen) atoms. The number of carbonyl (C=O) groups is 2. The Labute approximate surface area is 188 Å². The highest BCUT2D eigenvalue weighted by atomic mass is 16.2. The molecular weight excluding hydrogens is 408 g/mol. The van der Waals surface area contributed by atoms with Crippen LogP contribution in [0.15, 0.2) is 78.9 Å². The molecule has 0 saturated heterocycles. The average molecular weight is 422 g/mol. The van der Waals surface area contributed by atoms with Gasteiger partial charge in [0.15, 0.2) is 0 Å². The highest BCUT2D eigenvalue weighted by Crippen LogP contribution is 2.46. The molecule has 0 fully saturated rings. The van der Waals surface area contributed by atoms with Crippen LogP contribution < -0.4 is 5.32 Å². The van der Waals surface area contributed by atoms with Crippen LogP contribution in [0.25, 0.3) is 54.2 Å². The fraction of sp³-hybridized carbons (Fsp3) is 0. The lowest BCUT2D eigenvalue weighted by Gasteiger charge is -2.23. The first kappa shape index (κ1) is 17.9. The summed E-state index contributed by atoms with van der Waals surface area (Å²) in [6.45, 7) is 0. The minimum absolute atomic E-state index is 0.367. The fourth-order valence-electron chi connectivity index (χ4n) is 5.40. The van der Waals surface area contributed by atoms with Gasteiger partial charge in [0.1, 0.15) is 0 Å². The Kier molecular flexibility index (Phi) is 3.33. The van der Waals surface area contributed by atoms with Crippen LogP contribution in [0, 0.1) is 11.3 Å². The molecule has 6 aromatic carbocycles. The predicted octanol–water partition coefficient (Wildman–Crippen LogP) is 6.16. The summed E-state index contributed by atoms with van der Waals surface area (Å²) in [6.07, 6.45) is 0. The summed E-state index contributed by atoms with van der Waals surface area (Å²) in [5, 5.41) is 19.9. The Bertz CT molecular complexity index is 1870. The van der Waals surface area contributed by atoms with E-state index in [0.29, 0.717) is 22.1 Å². The molecule has 0 aliphatic carbocycles. The second-order valence-electron chi connectivity index (χ2n) is 8.44. The zero-order valence-corrected chi connectivity index (χ0v) is 17.3. The van der Waals surface area contributed by atoms with Crippen LogP contribution in [0.1, 0.15) is 26.3 Å². The van der Waals surface area contributed by atoms with Crippen molar-refractivity contribution in [3.05, 3.63) is 95.6 Å². The lowest BCUT2D eigenvalue weighted by atomic mass is 9.82. The molecule has 1 aliphatic rings. The van der Waals surface area contributed by atoms with Crippen LogP contribution in [0.4, 0.5) is 0 Å². The van der Waals surface area contributed by atoms with Crippen LogP contribution in [-0.4, -0.2) is 11.8 Å². The van der Waals surface area contributed by atoms with Crippen molar-refractivity contribution in [2.24, 2.45) is 0 Å². The highest BCUT2D eigenvalue weighted by Gasteiger charge is 2.29. The van der Waals surface area contributed by atoms with Crippen molar-refractivity contribution < 1.29 is 9.59 Å². The maximum Gasteiger partial charge on any atom is 0.258 e. The van der Waals surface area contributed by atoms with Gasteiger partial charge in [-0.3, -0.25) is 14.9 Å². The molecule has 6 aromatic rings. The maximum atomic E-state index is 13.0. The summed E-state index contributed by atoms with van der Waals surface area (Å²) < 4.78 is 0. The third-order valence-electron chi connectivity index (χ3n) is 6.79. The predicted molar refractivity (Wildman–Crippen MR) is 130 cm³/mol. The minimum atomic E-state index is -0.386. The summed E-state index contributed by atoms with van der Waals surface area (Å²) in [5.41, 5.74) is 3.42. The molecule has 2 amide bonds. The second kappa shape index (κ2) is 6.15. The van der Waals surface area contributed by atoms with E-state index in [9.17, 15) is 14.9 Å². The third kappa shape index (κ3) is 2.23. The summed E-state index contributed by atoms with van der Waals surface area (Å²) in [5.74, 6) is -0.753. The van der Waals surface area contributed by atoms with E-state index in [2.05, 4.69) is 35.7 Å². The van der Waals surface area contributed by atoms with Gasteiger partial charge in [0, 0.05) is 16.5 Å². The zero-order valence-electron chi connectivity index (χ0n) is 17.3. The normalized spacial score (nSPS) is 13.2. The van der Waals surface area contributed by atoms with Crippen molar-refractivity contribution in [3.63, 3.8) is 0 Å². The fourth-order valence-corrected chi connectivity index (χ4v) is 5.40. The molecule has 152 valence electrons. The molecule has 4 heteroatoms. The standard InChI is InChI=1S/C29H14N2O2/c30-14-15-7-9-16(10-8-15)22-13-23-26-21(28(32)31-29(23)33)12-11-19-18-5-1-3-17-4-2-6-20(24(17)18)25(22)27(19)26/h1-13H,(H,31,32,33). The number of rotatable bonds is 1. The lowest BCUT2D eigenvalue weighted by molar-refractivity contribution is 0.0845. The van der Waals surface area contributed by atoms with Crippen LogP contribution in [0.2, 0.25) is 0 Å². The summed E-state index contributed by atoms with van der Waals surface area (Å²) in [6, 6.07) is 27.8. The Morgan fingerprint density at radius 3 is 2.06 bits per heavy atom. The number of amides is 2. The first-order chi connectivity index (χ1) is 16.2. The largest absolute Gasteiger partial charge is 0.288 e. The second-order valence-corrected chi connectivity index (χ2v) is 8.44. The van der Waals surface area contributed by atoms with Gasteiger partial charge < -0.3 is 0 Å². The maximum absolute atomic E-state index is 13.0. The van der Waals surface area contributed by atoms with E-state index in [4.69, 9.17) is 0 Å². The molecule has 0 saturated carbocycles. The van der Waals surface area contributed by atoms with E-state index in [1.54, 1.807) is 12.1 Å². The molecule has 0 spiro atoms. The van der Waals surface area contributed by atoms with Gasteiger partial charge in [-0.25, -0.2) is 0 Å². The van der Waals surface area contributed by atoms with E-state index in [-0.39, 0.29) is 11.8 Å². The van der Waals surface area contributed by atoms with Gasteiger partial charge in [-0.2, -0.15) is 5.26 Å². The van der Waals surface area contributed by atoms with Crippen LogP contribution in [0.5, 0.6) is 0 Å². The van der Waals surface area contributed by atoms with Gasteiger partial charge in [-0.15, -0.1) is 0 Å². The molecule has 4 nitrogen and oxygen atoms in total. The summed E-state index contributed by atoms with van der Waals surface area (Å²) in [7, 11) is 0. The smallest absolute Gasteiger partial charge is 0.258 e. The van der Waals surface area contributed by atoms with Crippen molar-refractivity contribution in [1.29, 1.82) is 5.26 Å². The highest BCUT2D eigenvalue weighted by molar-refractivity contribution is 6.40. The van der Waals surface area contributed by atoms with Gasteiger partial charge in [0.25, 0.3) is 11.8 Å². The Morgan fingerprint density at radius 2 is 1.30 bits per heavy atom. The summed E-state index contributed by atoms with van der Waals surface area (Å²) in [4.78, 5) is 25.7. The van der Waals surface area contributed by atoms with E-state index >= 15 is 0 Å². The van der Waals surface area contributed by atoms with Gasteiger partial charge in [0.2, 0.25) is 0 Å². The monoisotopic (exact) mass is 422 g/mol. The number of hydrogen-bond donors (Lipinski definition) is 1. The Hall–Kier alpha value is -4.75. The number of carbonyl (C=O) groups excluding carboxylic acids is 2. The number of imide groups is 1. The molecule has 0 radical (unpaired) electrons. The minimum Gasteiger partial charge on any atom is -0.288 e. The number of nitriles is 1. The van der Waals surface area contributed by atoms with Crippen LogP contribution >= 0.6 is 0 Å². The van der Waals surface area contributed by atoms with Crippen LogP contribution in [0.3, 0.4) is 0 Å². The topological polar surface area (TPSA) is 70.0 Å². The van der Waals surface area contributed by atoms with Gasteiger partial charge in [-0.05, 0) is 73.1 Å². The van der Waals surface area contributed by atoms with Crippen molar-refractivity contribution in [3.8, 4) is 17.2 Å². The lowest BCUT2D eigenvalue weighted by Crippen LogP contribution is -2.34. The molecule has 0 bridgehead atoms. The Morgan fingerprint density at radius 1 is 0.606 bits per heavy atom. The molecule has 0 unspecified atom stereocenters. The number of fused-ring (bicyclic) bond motifs is 2. The van der Waals surface area contributed by atoms with E-state index < -0.39 is 0 Å². The van der Waals surface area contributed by atoms with Crippen molar-refractivity contribution in [2.45, 2.75) is 0 Å². The summed E-state index contributed by atoms with van der Waals surface area (Å²) >= 11 is 0. The number of nitrogens with zero attached hydrogens (tertiary/aromatic N) is 1.